The quantitative estimate of drug-likeness (QED) is 0.525. The van der Waals surface area contributed by atoms with Gasteiger partial charge in [-0.15, -0.1) is 0 Å². The standard InChI is InChI=1S/C20H22N4OS/c1-13-8-9-17(10-14(13)2)23-20(24-19(21)11-15(3)26-24)22-16-6-5-7-18(12-16)25-4/h5-12,21H,1-4H3,(H,22,23). The topological polar surface area (TPSA) is 62.4 Å². The molecule has 0 radical (unpaired) electrons. The zero-order valence-electron chi connectivity index (χ0n) is 15.3. The fourth-order valence-corrected chi connectivity index (χ4v) is 3.28. The third-order valence-electron chi connectivity index (χ3n) is 4.04. The van der Waals surface area contributed by atoms with E-state index in [-0.39, 0.29) is 0 Å². The first kappa shape index (κ1) is 17.9. The Kier molecular flexibility index (Phi) is 5.23. The van der Waals surface area contributed by atoms with Crippen LogP contribution >= 0.6 is 11.5 Å². The normalized spacial score (nSPS) is 11.5. The van der Waals surface area contributed by atoms with E-state index in [4.69, 9.17) is 15.1 Å². The van der Waals surface area contributed by atoms with Gasteiger partial charge in [0.1, 0.15) is 11.2 Å². The number of aliphatic imine (C=N–C) groups is 1. The highest BCUT2D eigenvalue weighted by molar-refractivity contribution is 7.07. The lowest BCUT2D eigenvalue weighted by Crippen LogP contribution is -2.28. The van der Waals surface area contributed by atoms with Crippen LogP contribution in [0, 0.1) is 26.2 Å². The van der Waals surface area contributed by atoms with E-state index < -0.39 is 0 Å². The smallest absolute Gasteiger partial charge is 0.223 e. The van der Waals surface area contributed by atoms with Crippen molar-refractivity contribution in [2.24, 2.45) is 4.99 Å². The van der Waals surface area contributed by atoms with Crippen LogP contribution in [0.25, 0.3) is 0 Å². The number of aromatic nitrogens is 1. The number of nitrogens with zero attached hydrogens (tertiary/aromatic N) is 2. The number of rotatable bonds is 3. The van der Waals surface area contributed by atoms with Gasteiger partial charge in [-0.3, -0.25) is 5.41 Å². The van der Waals surface area contributed by atoms with Crippen LogP contribution in [-0.4, -0.2) is 17.0 Å². The first-order valence-corrected chi connectivity index (χ1v) is 9.05. The average molecular weight is 366 g/mol. The lowest BCUT2D eigenvalue weighted by molar-refractivity contribution is 0.415. The Balaban J connectivity index is 2.06. The summed E-state index contributed by atoms with van der Waals surface area (Å²) in [6.07, 6.45) is 0. The van der Waals surface area contributed by atoms with Gasteiger partial charge in [-0.25, -0.2) is 8.95 Å². The summed E-state index contributed by atoms with van der Waals surface area (Å²) in [6, 6.07) is 15.6. The van der Waals surface area contributed by atoms with Crippen LogP contribution < -0.4 is 15.5 Å². The lowest BCUT2D eigenvalue weighted by atomic mass is 10.1. The molecule has 1 heterocycles. The number of benzene rings is 2. The number of methoxy groups -OCH3 is 1. The molecule has 2 aromatic carbocycles. The van der Waals surface area contributed by atoms with Gasteiger partial charge in [-0.1, -0.05) is 23.7 Å². The predicted octanol–water partition coefficient (Wildman–Crippen LogP) is 4.61. The molecule has 0 atom stereocenters. The Morgan fingerprint density at radius 3 is 2.54 bits per heavy atom. The molecule has 2 N–H and O–H groups in total. The van der Waals surface area contributed by atoms with Crippen molar-refractivity contribution in [3.8, 4) is 5.75 Å². The second-order valence-corrected chi connectivity index (χ2v) is 7.28. The van der Waals surface area contributed by atoms with E-state index in [2.05, 4.69) is 25.2 Å². The zero-order chi connectivity index (χ0) is 18.7. The third kappa shape index (κ3) is 4.03. The van der Waals surface area contributed by atoms with Crippen molar-refractivity contribution >= 4 is 28.9 Å². The lowest BCUT2D eigenvalue weighted by Gasteiger charge is -2.12. The van der Waals surface area contributed by atoms with E-state index in [1.165, 1.54) is 22.7 Å². The van der Waals surface area contributed by atoms with Crippen LogP contribution in [0.3, 0.4) is 0 Å². The van der Waals surface area contributed by atoms with E-state index in [0.29, 0.717) is 11.4 Å². The van der Waals surface area contributed by atoms with Gasteiger partial charge < -0.3 is 10.1 Å². The fraction of sp³-hybridized carbons (Fsp3) is 0.200. The first-order chi connectivity index (χ1) is 12.5. The van der Waals surface area contributed by atoms with Gasteiger partial charge in [-0.2, -0.15) is 0 Å². The molecule has 0 aliphatic carbocycles. The fourth-order valence-electron chi connectivity index (χ4n) is 2.50. The SMILES string of the molecule is COc1cccc(NC(=Nc2ccc(C)c(C)c2)n2sc(C)cc2=N)c1. The summed E-state index contributed by atoms with van der Waals surface area (Å²) in [4.78, 5) is 5.82. The van der Waals surface area contributed by atoms with Crippen molar-refractivity contribution in [2.45, 2.75) is 20.8 Å². The highest BCUT2D eigenvalue weighted by atomic mass is 32.1. The van der Waals surface area contributed by atoms with Crippen LogP contribution in [0.5, 0.6) is 5.75 Å². The molecule has 0 spiro atoms. The van der Waals surface area contributed by atoms with Crippen LogP contribution in [0.1, 0.15) is 16.0 Å². The van der Waals surface area contributed by atoms with Gasteiger partial charge in [0.25, 0.3) is 0 Å². The summed E-state index contributed by atoms with van der Waals surface area (Å²) in [5.74, 6) is 1.35. The number of aryl methyl sites for hydroxylation is 3. The molecule has 0 unspecified atom stereocenters. The van der Waals surface area contributed by atoms with E-state index in [1.807, 2.05) is 49.4 Å². The second kappa shape index (κ2) is 7.58. The molecular formula is C20H22N4OS. The highest BCUT2D eigenvalue weighted by Crippen LogP contribution is 2.20. The summed E-state index contributed by atoms with van der Waals surface area (Å²) in [5, 5.41) is 11.6. The van der Waals surface area contributed by atoms with Crippen molar-refractivity contribution < 1.29 is 4.74 Å². The van der Waals surface area contributed by atoms with Gasteiger partial charge in [0.05, 0.1) is 12.8 Å². The Hall–Kier alpha value is -2.86. The zero-order valence-corrected chi connectivity index (χ0v) is 16.1. The minimum Gasteiger partial charge on any atom is -0.497 e. The number of nitrogens with one attached hydrogen (secondary N) is 2. The van der Waals surface area contributed by atoms with Crippen LogP contribution in [-0.2, 0) is 0 Å². The molecule has 26 heavy (non-hydrogen) atoms. The molecule has 0 aliphatic heterocycles. The molecule has 0 saturated heterocycles. The molecule has 3 rings (SSSR count). The molecule has 0 amide bonds. The van der Waals surface area contributed by atoms with Gasteiger partial charge in [0.2, 0.25) is 5.96 Å². The van der Waals surface area contributed by atoms with Gasteiger partial charge in [-0.05, 0) is 62.2 Å². The molecule has 0 saturated carbocycles. The van der Waals surface area contributed by atoms with Crippen molar-refractivity contribution in [1.82, 2.24) is 3.96 Å². The van der Waals surface area contributed by atoms with E-state index in [9.17, 15) is 0 Å². The van der Waals surface area contributed by atoms with Crippen molar-refractivity contribution in [3.05, 3.63) is 70.0 Å². The molecular weight excluding hydrogens is 344 g/mol. The largest absolute Gasteiger partial charge is 0.497 e. The Morgan fingerprint density at radius 1 is 1.08 bits per heavy atom. The van der Waals surface area contributed by atoms with Gasteiger partial charge >= 0.3 is 0 Å². The summed E-state index contributed by atoms with van der Waals surface area (Å²) in [6.45, 7) is 6.14. The second-order valence-electron chi connectivity index (χ2n) is 6.09. The average Bonchev–Trinajstić information content (AvgIpc) is 2.96. The van der Waals surface area contributed by atoms with Crippen LogP contribution in [0.15, 0.2) is 53.5 Å². The summed E-state index contributed by atoms with van der Waals surface area (Å²) in [7, 11) is 1.64. The van der Waals surface area contributed by atoms with E-state index in [0.717, 1.165) is 22.0 Å². The number of hydrogen-bond donors (Lipinski definition) is 2. The molecule has 6 heteroatoms. The van der Waals surface area contributed by atoms with E-state index in [1.54, 1.807) is 11.1 Å². The van der Waals surface area contributed by atoms with Crippen molar-refractivity contribution in [1.29, 1.82) is 5.41 Å². The summed E-state index contributed by atoms with van der Waals surface area (Å²) in [5.41, 5.74) is 4.50. The molecule has 0 aliphatic rings. The third-order valence-corrected chi connectivity index (χ3v) is 5.00. The predicted molar refractivity (Wildman–Crippen MR) is 108 cm³/mol. The minimum atomic E-state index is 0.394. The Morgan fingerprint density at radius 2 is 1.88 bits per heavy atom. The minimum absolute atomic E-state index is 0.394. The molecule has 5 nitrogen and oxygen atoms in total. The number of hydrogen-bond acceptors (Lipinski definition) is 4. The maximum atomic E-state index is 8.24. The molecule has 1 aromatic heterocycles. The Bertz CT molecular complexity index is 1020. The van der Waals surface area contributed by atoms with Crippen LogP contribution in [0.2, 0.25) is 0 Å². The monoisotopic (exact) mass is 366 g/mol. The van der Waals surface area contributed by atoms with Gasteiger partial charge in [0.15, 0.2) is 0 Å². The van der Waals surface area contributed by atoms with E-state index >= 15 is 0 Å². The number of ether oxygens (including phenoxy) is 1. The van der Waals surface area contributed by atoms with Crippen LogP contribution in [0.4, 0.5) is 11.4 Å². The molecule has 134 valence electrons. The summed E-state index contributed by atoms with van der Waals surface area (Å²) >= 11 is 1.48. The highest BCUT2D eigenvalue weighted by Gasteiger charge is 2.09. The van der Waals surface area contributed by atoms with Crippen molar-refractivity contribution in [3.63, 3.8) is 0 Å². The number of anilines is 1. The maximum Gasteiger partial charge on any atom is 0.223 e. The summed E-state index contributed by atoms with van der Waals surface area (Å²) < 4.78 is 7.08. The molecule has 3 aromatic rings. The van der Waals surface area contributed by atoms with Crippen molar-refractivity contribution in [2.75, 3.05) is 12.4 Å². The maximum absolute atomic E-state index is 8.24. The molecule has 0 fully saturated rings. The molecule has 0 bridgehead atoms. The first-order valence-electron chi connectivity index (χ1n) is 8.28. The van der Waals surface area contributed by atoms with Gasteiger partial charge in [0, 0.05) is 16.6 Å². The Labute approximate surface area is 157 Å².